The van der Waals surface area contributed by atoms with Crippen molar-refractivity contribution >= 4 is 15.9 Å². The third-order valence-corrected chi connectivity index (χ3v) is 5.19. The van der Waals surface area contributed by atoms with Crippen LogP contribution in [0, 0.1) is 18.7 Å². The average Bonchev–Trinajstić information content (AvgIpc) is 2.43. The van der Waals surface area contributed by atoms with Crippen molar-refractivity contribution in [3.8, 4) is 0 Å². The standard InChI is InChI=1S/C13H20FN3O2S/c1-10-8-12(2-3-13(10)14)16-20(18,19)17-6-4-11(9-15)5-7-17/h2-3,8,11,16H,4-7,9,15H2,1H3. The van der Waals surface area contributed by atoms with Crippen LogP contribution in [0.4, 0.5) is 10.1 Å². The van der Waals surface area contributed by atoms with E-state index in [-0.39, 0.29) is 5.82 Å². The van der Waals surface area contributed by atoms with E-state index in [0.29, 0.717) is 36.8 Å². The fourth-order valence-electron chi connectivity index (χ4n) is 2.31. The molecule has 1 aromatic rings. The minimum Gasteiger partial charge on any atom is -0.330 e. The van der Waals surface area contributed by atoms with E-state index in [1.54, 1.807) is 6.92 Å². The van der Waals surface area contributed by atoms with Crippen molar-refractivity contribution in [1.29, 1.82) is 0 Å². The molecule has 0 amide bonds. The first-order valence-corrected chi connectivity index (χ1v) is 8.10. The number of nitrogens with two attached hydrogens (primary N) is 1. The number of hydrogen-bond acceptors (Lipinski definition) is 3. The summed E-state index contributed by atoms with van der Waals surface area (Å²) in [7, 11) is -3.58. The molecular weight excluding hydrogens is 281 g/mol. The van der Waals surface area contributed by atoms with Gasteiger partial charge in [-0.3, -0.25) is 4.72 Å². The highest BCUT2D eigenvalue weighted by Gasteiger charge is 2.27. The van der Waals surface area contributed by atoms with Gasteiger partial charge >= 0.3 is 10.2 Å². The summed E-state index contributed by atoms with van der Waals surface area (Å²) in [6.45, 7) is 3.13. The third-order valence-electron chi connectivity index (χ3n) is 3.65. The van der Waals surface area contributed by atoms with E-state index in [1.165, 1.54) is 22.5 Å². The molecule has 0 bridgehead atoms. The van der Waals surface area contributed by atoms with Crippen molar-refractivity contribution in [1.82, 2.24) is 4.31 Å². The van der Waals surface area contributed by atoms with E-state index in [2.05, 4.69) is 4.72 Å². The van der Waals surface area contributed by atoms with Crippen LogP contribution in [0.5, 0.6) is 0 Å². The molecule has 20 heavy (non-hydrogen) atoms. The molecule has 1 aliphatic rings. The molecule has 0 radical (unpaired) electrons. The number of hydrogen-bond donors (Lipinski definition) is 2. The number of halogens is 1. The Balaban J connectivity index is 2.05. The maximum atomic E-state index is 13.2. The van der Waals surface area contributed by atoms with E-state index in [9.17, 15) is 12.8 Å². The predicted octanol–water partition coefficient (Wildman–Crippen LogP) is 1.46. The van der Waals surface area contributed by atoms with Gasteiger partial charge < -0.3 is 5.73 Å². The lowest BCUT2D eigenvalue weighted by Gasteiger charge is -2.30. The second-order valence-corrected chi connectivity index (χ2v) is 6.82. The van der Waals surface area contributed by atoms with Gasteiger partial charge in [0.15, 0.2) is 0 Å². The van der Waals surface area contributed by atoms with Gasteiger partial charge in [0, 0.05) is 13.1 Å². The Bertz CT molecular complexity index is 569. The van der Waals surface area contributed by atoms with Crippen LogP contribution in [0.15, 0.2) is 18.2 Å². The molecular formula is C13H20FN3O2S. The molecule has 5 nitrogen and oxygen atoms in total. The Hall–Kier alpha value is -1.18. The van der Waals surface area contributed by atoms with Crippen LogP contribution in [0.1, 0.15) is 18.4 Å². The number of nitrogens with one attached hydrogen (secondary N) is 1. The van der Waals surface area contributed by atoms with Gasteiger partial charge in [-0.05, 0) is 56.0 Å². The first-order chi connectivity index (χ1) is 9.42. The highest BCUT2D eigenvalue weighted by Crippen LogP contribution is 2.21. The zero-order valence-corrected chi connectivity index (χ0v) is 12.3. The number of piperidine rings is 1. The number of anilines is 1. The zero-order valence-electron chi connectivity index (χ0n) is 11.5. The van der Waals surface area contributed by atoms with Crippen molar-refractivity contribution < 1.29 is 12.8 Å². The summed E-state index contributed by atoms with van der Waals surface area (Å²) in [6.07, 6.45) is 1.56. The second-order valence-electron chi connectivity index (χ2n) is 5.15. The number of rotatable bonds is 4. The quantitative estimate of drug-likeness (QED) is 0.884. The number of aryl methyl sites for hydroxylation is 1. The minimum atomic E-state index is -3.58. The van der Waals surface area contributed by atoms with Crippen LogP contribution >= 0.6 is 0 Å². The Labute approximate surface area is 119 Å². The molecule has 0 atom stereocenters. The maximum absolute atomic E-state index is 13.2. The lowest BCUT2D eigenvalue weighted by molar-refractivity contribution is 0.280. The molecule has 0 spiro atoms. The normalized spacial score (nSPS) is 18.1. The van der Waals surface area contributed by atoms with Crippen molar-refractivity contribution in [2.75, 3.05) is 24.4 Å². The molecule has 112 valence electrons. The lowest BCUT2D eigenvalue weighted by Crippen LogP contribution is -2.42. The van der Waals surface area contributed by atoms with E-state index in [0.717, 1.165) is 12.8 Å². The van der Waals surface area contributed by atoms with Gasteiger partial charge in [-0.25, -0.2) is 4.39 Å². The Morgan fingerprint density at radius 3 is 2.60 bits per heavy atom. The molecule has 7 heteroatoms. The van der Waals surface area contributed by atoms with Crippen molar-refractivity contribution in [2.24, 2.45) is 11.7 Å². The van der Waals surface area contributed by atoms with E-state index < -0.39 is 10.2 Å². The van der Waals surface area contributed by atoms with Gasteiger partial charge in [0.1, 0.15) is 5.82 Å². The fraction of sp³-hybridized carbons (Fsp3) is 0.538. The van der Waals surface area contributed by atoms with Crippen molar-refractivity contribution in [3.05, 3.63) is 29.6 Å². The smallest absolute Gasteiger partial charge is 0.301 e. The number of benzene rings is 1. The lowest BCUT2D eigenvalue weighted by atomic mass is 9.99. The maximum Gasteiger partial charge on any atom is 0.301 e. The highest BCUT2D eigenvalue weighted by atomic mass is 32.2. The van der Waals surface area contributed by atoms with Crippen LogP contribution in [0.2, 0.25) is 0 Å². The molecule has 1 fully saturated rings. The van der Waals surface area contributed by atoms with Crippen LogP contribution in [-0.2, 0) is 10.2 Å². The van der Waals surface area contributed by atoms with Gasteiger partial charge in [0.2, 0.25) is 0 Å². The molecule has 2 rings (SSSR count). The largest absolute Gasteiger partial charge is 0.330 e. The summed E-state index contributed by atoms with van der Waals surface area (Å²) >= 11 is 0. The summed E-state index contributed by atoms with van der Waals surface area (Å²) < 4.78 is 41.5. The summed E-state index contributed by atoms with van der Waals surface area (Å²) in [6, 6.07) is 4.17. The predicted molar refractivity (Wildman–Crippen MR) is 77.0 cm³/mol. The van der Waals surface area contributed by atoms with Gasteiger partial charge in [-0.1, -0.05) is 0 Å². The van der Waals surface area contributed by atoms with Crippen molar-refractivity contribution in [2.45, 2.75) is 19.8 Å². The van der Waals surface area contributed by atoms with E-state index in [4.69, 9.17) is 5.73 Å². The van der Waals surface area contributed by atoms with Crippen LogP contribution in [0.25, 0.3) is 0 Å². The summed E-state index contributed by atoms with van der Waals surface area (Å²) in [5.74, 6) is 0.0474. The Morgan fingerprint density at radius 1 is 1.40 bits per heavy atom. The molecule has 1 saturated heterocycles. The first kappa shape index (κ1) is 15.2. The topological polar surface area (TPSA) is 75.4 Å². The van der Waals surface area contributed by atoms with Crippen LogP contribution < -0.4 is 10.5 Å². The minimum absolute atomic E-state index is 0.350. The highest BCUT2D eigenvalue weighted by molar-refractivity contribution is 7.90. The van der Waals surface area contributed by atoms with Crippen LogP contribution in [-0.4, -0.2) is 32.4 Å². The molecule has 3 N–H and O–H groups in total. The summed E-state index contributed by atoms with van der Waals surface area (Å²) in [5, 5.41) is 0. The van der Waals surface area contributed by atoms with Gasteiger partial charge in [0.25, 0.3) is 0 Å². The van der Waals surface area contributed by atoms with Gasteiger partial charge in [0.05, 0.1) is 5.69 Å². The Morgan fingerprint density at radius 2 is 2.05 bits per heavy atom. The number of nitrogens with zero attached hydrogens (tertiary/aromatic N) is 1. The third kappa shape index (κ3) is 3.47. The molecule has 0 aromatic heterocycles. The van der Waals surface area contributed by atoms with Gasteiger partial charge in [-0.2, -0.15) is 12.7 Å². The monoisotopic (exact) mass is 301 g/mol. The summed E-state index contributed by atoms with van der Waals surface area (Å²) in [4.78, 5) is 0. The second kappa shape index (κ2) is 6.07. The molecule has 1 aromatic carbocycles. The van der Waals surface area contributed by atoms with Crippen LogP contribution in [0.3, 0.4) is 0 Å². The fourth-order valence-corrected chi connectivity index (χ4v) is 3.55. The molecule has 1 heterocycles. The van der Waals surface area contributed by atoms with Crippen molar-refractivity contribution in [3.63, 3.8) is 0 Å². The molecule has 1 aliphatic heterocycles. The molecule has 0 saturated carbocycles. The van der Waals surface area contributed by atoms with Gasteiger partial charge in [-0.15, -0.1) is 0 Å². The summed E-state index contributed by atoms with van der Waals surface area (Å²) in [5.41, 5.74) is 6.38. The van der Waals surface area contributed by atoms with E-state index >= 15 is 0 Å². The average molecular weight is 301 g/mol. The SMILES string of the molecule is Cc1cc(NS(=O)(=O)N2CCC(CN)CC2)ccc1F. The first-order valence-electron chi connectivity index (χ1n) is 6.66. The molecule has 0 unspecified atom stereocenters. The molecule has 0 aliphatic carbocycles. The van der Waals surface area contributed by atoms with E-state index in [1.807, 2.05) is 0 Å². The zero-order chi connectivity index (χ0) is 14.8. The Kier molecular flexibility index (Phi) is 4.62.